The summed E-state index contributed by atoms with van der Waals surface area (Å²) in [6.45, 7) is 10.6. The molecule has 0 aliphatic carbocycles. The van der Waals surface area contributed by atoms with Crippen LogP contribution in [0, 0.1) is 18.3 Å². The highest BCUT2D eigenvalue weighted by Crippen LogP contribution is 2.35. The minimum Gasteiger partial charge on any atom is -0.478 e. The van der Waals surface area contributed by atoms with Gasteiger partial charge in [-0.05, 0) is 43.2 Å². The third-order valence-corrected chi connectivity index (χ3v) is 4.23. The summed E-state index contributed by atoms with van der Waals surface area (Å²) < 4.78 is 0. The number of hydrogen-bond acceptors (Lipinski definition) is 3. The molecule has 0 amide bonds. The molecule has 1 aromatic heterocycles. The Kier molecular flexibility index (Phi) is 4.02. The fraction of sp³-hybridized carbons (Fsp3) is 0.625. The zero-order valence-electron chi connectivity index (χ0n) is 12.8. The molecular weight excluding hydrogens is 252 g/mol. The van der Waals surface area contributed by atoms with Gasteiger partial charge in [0.2, 0.25) is 0 Å². The second-order valence-corrected chi connectivity index (χ2v) is 6.79. The number of rotatable bonds is 2. The topological polar surface area (TPSA) is 53.4 Å². The number of aromatic carboxylic acids is 1. The summed E-state index contributed by atoms with van der Waals surface area (Å²) in [5.74, 6) is 0.638. The van der Waals surface area contributed by atoms with Gasteiger partial charge in [0.05, 0.1) is 5.56 Å². The molecule has 1 aliphatic rings. The average molecular weight is 276 g/mol. The molecule has 20 heavy (non-hydrogen) atoms. The fourth-order valence-corrected chi connectivity index (χ4v) is 2.91. The average Bonchev–Trinajstić information content (AvgIpc) is 2.37. The first kappa shape index (κ1) is 14.8. The molecule has 1 saturated heterocycles. The Balaban J connectivity index is 2.13. The van der Waals surface area contributed by atoms with E-state index in [9.17, 15) is 4.79 Å². The third-order valence-electron chi connectivity index (χ3n) is 4.23. The molecule has 4 nitrogen and oxygen atoms in total. The van der Waals surface area contributed by atoms with Crippen LogP contribution in [0.3, 0.4) is 0 Å². The number of aryl methyl sites for hydroxylation is 1. The number of anilines is 1. The molecule has 110 valence electrons. The lowest BCUT2D eigenvalue weighted by molar-refractivity contribution is 0.0696. The number of nitrogens with zero attached hydrogens (tertiary/aromatic N) is 2. The van der Waals surface area contributed by atoms with Gasteiger partial charge in [-0.3, -0.25) is 0 Å². The monoisotopic (exact) mass is 276 g/mol. The second kappa shape index (κ2) is 5.43. The van der Waals surface area contributed by atoms with Gasteiger partial charge < -0.3 is 10.0 Å². The minimum absolute atomic E-state index is 0.324. The standard InChI is InChI=1S/C16H24N2O2/c1-11-9-12(15(19)20)10-14(17-11)18-7-5-13(6-8-18)16(2,3)4/h9-10,13H,5-8H2,1-4H3,(H,19,20). The van der Waals surface area contributed by atoms with Crippen LogP contribution in [0.15, 0.2) is 12.1 Å². The van der Waals surface area contributed by atoms with Crippen molar-refractivity contribution in [3.05, 3.63) is 23.4 Å². The molecule has 0 saturated carbocycles. The summed E-state index contributed by atoms with van der Waals surface area (Å²) in [7, 11) is 0. The Morgan fingerprint density at radius 2 is 1.90 bits per heavy atom. The van der Waals surface area contributed by atoms with Crippen LogP contribution in [0.4, 0.5) is 5.82 Å². The molecule has 0 spiro atoms. The molecule has 0 aromatic carbocycles. The quantitative estimate of drug-likeness (QED) is 0.900. The summed E-state index contributed by atoms with van der Waals surface area (Å²) in [6.07, 6.45) is 2.28. The maximum Gasteiger partial charge on any atom is 0.335 e. The summed E-state index contributed by atoms with van der Waals surface area (Å²) in [6, 6.07) is 3.31. The van der Waals surface area contributed by atoms with Gasteiger partial charge in [-0.15, -0.1) is 0 Å². The van der Waals surface area contributed by atoms with E-state index in [1.807, 2.05) is 6.92 Å². The second-order valence-electron chi connectivity index (χ2n) is 6.79. The minimum atomic E-state index is -0.888. The first-order valence-corrected chi connectivity index (χ1v) is 7.24. The van der Waals surface area contributed by atoms with Crippen molar-refractivity contribution in [2.24, 2.45) is 11.3 Å². The highest BCUT2D eigenvalue weighted by molar-refractivity contribution is 5.88. The normalized spacial score (nSPS) is 17.3. The number of aromatic nitrogens is 1. The lowest BCUT2D eigenvalue weighted by Crippen LogP contribution is -2.38. The van der Waals surface area contributed by atoms with E-state index in [2.05, 4.69) is 30.7 Å². The predicted molar refractivity (Wildman–Crippen MR) is 80.3 cm³/mol. The van der Waals surface area contributed by atoms with Crippen LogP contribution < -0.4 is 4.90 Å². The van der Waals surface area contributed by atoms with E-state index in [1.54, 1.807) is 12.1 Å². The highest BCUT2D eigenvalue weighted by Gasteiger charge is 2.29. The van der Waals surface area contributed by atoms with Crippen molar-refractivity contribution in [3.63, 3.8) is 0 Å². The zero-order chi connectivity index (χ0) is 14.9. The predicted octanol–water partition coefficient (Wildman–Crippen LogP) is 3.35. The van der Waals surface area contributed by atoms with E-state index in [-0.39, 0.29) is 0 Å². The van der Waals surface area contributed by atoms with Gasteiger partial charge in [0, 0.05) is 18.8 Å². The smallest absolute Gasteiger partial charge is 0.335 e. The SMILES string of the molecule is Cc1cc(C(=O)O)cc(N2CCC(C(C)(C)C)CC2)n1. The third kappa shape index (κ3) is 3.30. The number of pyridine rings is 1. The van der Waals surface area contributed by atoms with E-state index >= 15 is 0 Å². The van der Waals surface area contributed by atoms with Crippen LogP contribution in [0.25, 0.3) is 0 Å². The largest absolute Gasteiger partial charge is 0.478 e. The van der Waals surface area contributed by atoms with E-state index < -0.39 is 5.97 Å². The molecule has 1 fully saturated rings. The lowest BCUT2D eigenvalue weighted by atomic mass is 9.75. The molecular formula is C16H24N2O2. The molecule has 2 heterocycles. The maximum absolute atomic E-state index is 11.1. The zero-order valence-corrected chi connectivity index (χ0v) is 12.8. The van der Waals surface area contributed by atoms with Crippen LogP contribution in [0.2, 0.25) is 0 Å². The van der Waals surface area contributed by atoms with Crippen molar-refractivity contribution in [1.82, 2.24) is 4.98 Å². The molecule has 0 unspecified atom stereocenters. The van der Waals surface area contributed by atoms with Crippen LogP contribution >= 0.6 is 0 Å². The fourth-order valence-electron chi connectivity index (χ4n) is 2.91. The van der Waals surface area contributed by atoms with Crippen LogP contribution in [-0.4, -0.2) is 29.1 Å². The van der Waals surface area contributed by atoms with Crippen LogP contribution in [0.5, 0.6) is 0 Å². The van der Waals surface area contributed by atoms with Crippen molar-refractivity contribution in [1.29, 1.82) is 0 Å². The van der Waals surface area contributed by atoms with E-state index in [4.69, 9.17) is 5.11 Å². The molecule has 1 aromatic rings. The Bertz CT molecular complexity index is 498. The van der Waals surface area contributed by atoms with Crippen LogP contribution in [-0.2, 0) is 0 Å². The van der Waals surface area contributed by atoms with E-state index in [0.29, 0.717) is 11.0 Å². The molecule has 4 heteroatoms. The Hall–Kier alpha value is -1.58. The van der Waals surface area contributed by atoms with Crippen molar-refractivity contribution in [2.75, 3.05) is 18.0 Å². The summed E-state index contributed by atoms with van der Waals surface area (Å²) in [4.78, 5) is 17.8. The molecule has 1 N–H and O–H groups in total. The van der Waals surface area contributed by atoms with Gasteiger partial charge in [-0.1, -0.05) is 20.8 Å². The van der Waals surface area contributed by atoms with E-state index in [0.717, 1.165) is 43.4 Å². The Morgan fingerprint density at radius 3 is 2.40 bits per heavy atom. The van der Waals surface area contributed by atoms with Crippen molar-refractivity contribution in [2.45, 2.75) is 40.5 Å². The number of carboxylic acid groups (broad SMARTS) is 1. The van der Waals surface area contributed by atoms with Gasteiger partial charge in [0.25, 0.3) is 0 Å². The van der Waals surface area contributed by atoms with Crippen molar-refractivity contribution >= 4 is 11.8 Å². The molecule has 1 aliphatic heterocycles. The number of carboxylic acids is 1. The molecule has 2 rings (SSSR count). The Morgan fingerprint density at radius 1 is 1.30 bits per heavy atom. The van der Waals surface area contributed by atoms with E-state index in [1.165, 1.54) is 0 Å². The summed E-state index contributed by atoms with van der Waals surface area (Å²) in [5, 5.41) is 9.13. The van der Waals surface area contributed by atoms with Gasteiger partial charge >= 0.3 is 5.97 Å². The molecule has 0 radical (unpaired) electrons. The lowest BCUT2D eigenvalue weighted by Gasteiger charge is -2.39. The van der Waals surface area contributed by atoms with Gasteiger partial charge in [-0.25, -0.2) is 9.78 Å². The summed E-state index contributed by atoms with van der Waals surface area (Å²) in [5.41, 5.74) is 1.43. The van der Waals surface area contributed by atoms with Crippen LogP contribution in [0.1, 0.15) is 49.7 Å². The first-order valence-electron chi connectivity index (χ1n) is 7.24. The number of carbonyl (C=O) groups is 1. The number of hydrogen-bond donors (Lipinski definition) is 1. The maximum atomic E-state index is 11.1. The summed E-state index contributed by atoms with van der Waals surface area (Å²) >= 11 is 0. The van der Waals surface area contributed by atoms with Gasteiger partial charge in [0.1, 0.15) is 5.82 Å². The van der Waals surface area contributed by atoms with Crippen molar-refractivity contribution < 1.29 is 9.90 Å². The molecule has 0 atom stereocenters. The Labute approximate surface area is 120 Å². The van der Waals surface area contributed by atoms with Gasteiger partial charge in [-0.2, -0.15) is 0 Å². The van der Waals surface area contributed by atoms with Crippen molar-refractivity contribution in [3.8, 4) is 0 Å². The van der Waals surface area contributed by atoms with Gasteiger partial charge in [0.15, 0.2) is 0 Å². The first-order chi connectivity index (χ1) is 9.27. The highest BCUT2D eigenvalue weighted by atomic mass is 16.4. The molecule has 0 bridgehead atoms. The number of piperidine rings is 1.